The molecule has 3 aliphatic heterocycles. The van der Waals surface area contributed by atoms with Gasteiger partial charge >= 0.3 is 0 Å². The number of nitrogens with one attached hydrogen (secondary N) is 2. The average Bonchev–Trinajstić information content (AvgIpc) is 2.99. The quantitative estimate of drug-likeness (QED) is 0.655. The van der Waals surface area contributed by atoms with Gasteiger partial charge in [-0.15, -0.1) is 0 Å². The predicted molar refractivity (Wildman–Crippen MR) is 130 cm³/mol. The van der Waals surface area contributed by atoms with Crippen molar-refractivity contribution in [3.8, 4) is 0 Å². The van der Waals surface area contributed by atoms with Gasteiger partial charge in [-0.05, 0) is 53.6 Å². The van der Waals surface area contributed by atoms with Crippen LogP contribution in [0.15, 0.2) is 60.7 Å². The van der Waals surface area contributed by atoms with Gasteiger partial charge in [0.2, 0.25) is 0 Å². The van der Waals surface area contributed by atoms with E-state index in [1.54, 1.807) is 0 Å². The molecule has 2 aromatic carbocycles. The fourth-order valence-electron chi connectivity index (χ4n) is 7.27. The Morgan fingerprint density at radius 2 is 1.16 bits per heavy atom. The third kappa shape index (κ3) is 4.14. The van der Waals surface area contributed by atoms with Gasteiger partial charge in [-0.25, -0.2) is 0 Å². The first-order valence-corrected chi connectivity index (χ1v) is 12.8. The van der Waals surface area contributed by atoms with Gasteiger partial charge in [0.15, 0.2) is 0 Å². The minimum absolute atomic E-state index is 0.638. The van der Waals surface area contributed by atoms with Crippen molar-refractivity contribution in [3.05, 3.63) is 71.8 Å². The molecule has 4 bridgehead atoms. The van der Waals surface area contributed by atoms with Crippen LogP contribution in [0.25, 0.3) is 0 Å². The van der Waals surface area contributed by atoms with Crippen LogP contribution in [0.3, 0.4) is 0 Å². The van der Waals surface area contributed by atoms with Crippen molar-refractivity contribution in [3.63, 3.8) is 0 Å². The molecule has 6 unspecified atom stereocenters. The maximum absolute atomic E-state index is 3.90. The second-order valence-corrected chi connectivity index (χ2v) is 11.1. The van der Waals surface area contributed by atoms with E-state index < -0.39 is 0 Å². The number of fused-ring (bicyclic) bond motifs is 4. The highest BCUT2D eigenvalue weighted by atomic mass is 15.4. The summed E-state index contributed by atoms with van der Waals surface area (Å²) in [5.74, 6) is 3.97. The summed E-state index contributed by atoms with van der Waals surface area (Å²) in [6, 6.07) is 23.3. The van der Waals surface area contributed by atoms with E-state index in [2.05, 4.69) is 88.2 Å². The Hall–Kier alpha value is -1.72. The molecule has 0 spiro atoms. The van der Waals surface area contributed by atoms with E-state index in [0.717, 1.165) is 42.7 Å². The Kier molecular flexibility index (Phi) is 5.80. The topological polar surface area (TPSA) is 30.5 Å². The summed E-state index contributed by atoms with van der Waals surface area (Å²) in [6.45, 7) is 9.63. The zero-order valence-corrected chi connectivity index (χ0v) is 19.4. The molecule has 170 valence electrons. The zero-order chi connectivity index (χ0) is 21.5. The average molecular weight is 431 g/mol. The molecule has 6 atom stereocenters. The van der Waals surface area contributed by atoms with Crippen LogP contribution in [0.2, 0.25) is 0 Å². The Morgan fingerprint density at radius 1 is 0.656 bits per heavy atom. The maximum Gasteiger partial charge on any atom is 0.0296 e. The van der Waals surface area contributed by atoms with E-state index in [1.807, 2.05) is 0 Å². The van der Waals surface area contributed by atoms with Crippen molar-refractivity contribution < 1.29 is 0 Å². The molecule has 7 rings (SSSR count). The van der Waals surface area contributed by atoms with Gasteiger partial charge in [0.05, 0.1) is 0 Å². The van der Waals surface area contributed by atoms with Gasteiger partial charge in [0.25, 0.3) is 0 Å². The number of piperidine rings is 3. The van der Waals surface area contributed by atoms with Gasteiger partial charge in [-0.1, -0.05) is 67.6 Å². The van der Waals surface area contributed by atoms with Gasteiger partial charge in [-0.2, -0.15) is 0 Å². The molecule has 2 aliphatic carbocycles. The highest BCUT2D eigenvalue weighted by Crippen LogP contribution is 2.43. The van der Waals surface area contributed by atoms with E-state index in [1.165, 1.54) is 50.1 Å². The lowest BCUT2D eigenvalue weighted by molar-refractivity contribution is -0.0310. The molecule has 4 heteroatoms. The normalized spacial score (nSPS) is 36.7. The summed E-state index contributed by atoms with van der Waals surface area (Å²) in [5, 5.41) is 0. The summed E-state index contributed by atoms with van der Waals surface area (Å²) < 4.78 is 0. The van der Waals surface area contributed by atoms with Crippen molar-refractivity contribution in [2.75, 3.05) is 26.2 Å². The number of rotatable bonds is 7. The SMILES string of the molecule is CC1CC2CN(Cc3ccccc3)CC1C2NNC1C2CC1CN(Cc1ccccc1)C2. The lowest BCUT2D eigenvalue weighted by atomic mass is 9.66. The molecule has 2 aromatic rings. The van der Waals surface area contributed by atoms with Crippen LogP contribution in [0.4, 0.5) is 0 Å². The monoisotopic (exact) mass is 430 g/mol. The van der Waals surface area contributed by atoms with Gasteiger partial charge in [0, 0.05) is 51.4 Å². The molecule has 3 heterocycles. The lowest BCUT2D eigenvalue weighted by Gasteiger charge is -2.54. The molecule has 2 saturated carbocycles. The van der Waals surface area contributed by atoms with E-state index in [4.69, 9.17) is 0 Å². The highest BCUT2D eigenvalue weighted by Gasteiger charge is 2.49. The summed E-state index contributed by atoms with van der Waals surface area (Å²) in [4.78, 5) is 5.37. The molecule has 5 fully saturated rings. The summed E-state index contributed by atoms with van der Waals surface area (Å²) >= 11 is 0. The first kappa shape index (κ1) is 20.9. The van der Waals surface area contributed by atoms with Crippen LogP contribution >= 0.6 is 0 Å². The summed E-state index contributed by atoms with van der Waals surface area (Å²) in [7, 11) is 0. The van der Waals surface area contributed by atoms with Crippen LogP contribution in [0.1, 0.15) is 30.9 Å². The zero-order valence-electron chi connectivity index (χ0n) is 19.4. The third-order valence-corrected chi connectivity index (χ3v) is 8.86. The highest BCUT2D eigenvalue weighted by molar-refractivity contribution is 5.16. The Bertz CT molecular complexity index is 875. The van der Waals surface area contributed by atoms with Gasteiger partial charge in [0.1, 0.15) is 0 Å². The number of nitrogens with zero attached hydrogens (tertiary/aromatic N) is 2. The Balaban J connectivity index is 1.01. The van der Waals surface area contributed by atoms with Gasteiger partial charge in [-0.3, -0.25) is 20.7 Å². The van der Waals surface area contributed by atoms with Crippen molar-refractivity contribution >= 4 is 0 Å². The van der Waals surface area contributed by atoms with Crippen molar-refractivity contribution in [2.45, 2.75) is 44.9 Å². The smallest absolute Gasteiger partial charge is 0.0296 e. The molecule has 4 nitrogen and oxygen atoms in total. The minimum Gasteiger partial charge on any atom is -0.298 e. The van der Waals surface area contributed by atoms with E-state index in [0.29, 0.717) is 12.1 Å². The number of benzene rings is 2. The van der Waals surface area contributed by atoms with Crippen molar-refractivity contribution in [2.24, 2.45) is 29.6 Å². The molecule has 2 N–H and O–H groups in total. The van der Waals surface area contributed by atoms with Crippen LogP contribution in [-0.2, 0) is 13.1 Å². The molecule has 32 heavy (non-hydrogen) atoms. The van der Waals surface area contributed by atoms with Crippen molar-refractivity contribution in [1.29, 1.82) is 0 Å². The number of hydrogen-bond donors (Lipinski definition) is 2. The number of hydrogen-bond acceptors (Lipinski definition) is 4. The fourth-order valence-corrected chi connectivity index (χ4v) is 7.27. The maximum atomic E-state index is 3.90. The predicted octanol–water partition coefficient (Wildman–Crippen LogP) is 3.76. The number of hydrazine groups is 1. The number of likely N-dealkylation sites (tertiary alicyclic amines) is 1. The largest absolute Gasteiger partial charge is 0.298 e. The Morgan fingerprint density at radius 3 is 1.72 bits per heavy atom. The molecular formula is C28H38N4. The van der Waals surface area contributed by atoms with Crippen molar-refractivity contribution in [1.82, 2.24) is 20.7 Å². The minimum atomic E-state index is 0.638. The van der Waals surface area contributed by atoms with E-state index in [9.17, 15) is 0 Å². The van der Waals surface area contributed by atoms with Gasteiger partial charge < -0.3 is 0 Å². The first-order valence-electron chi connectivity index (χ1n) is 12.8. The second kappa shape index (κ2) is 8.90. The summed E-state index contributed by atoms with van der Waals surface area (Å²) in [5.41, 5.74) is 10.7. The van der Waals surface area contributed by atoms with Crippen LogP contribution in [0.5, 0.6) is 0 Å². The van der Waals surface area contributed by atoms with Crippen LogP contribution in [-0.4, -0.2) is 48.1 Å². The molecule has 0 amide bonds. The molecule has 5 aliphatic rings. The molecule has 0 radical (unpaired) electrons. The second-order valence-electron chi connectivity index (χ2n) is 11.1. The summed E-state index contributed by atoms with van der Waals surface area (Å²) in [6.07, 6.45) is 2.78. The Labute approximate surface area is 193 Å². The molecular weight excluding hydrogens is 392 g/mol. The van der Waals surface area contributed by atoms with E-state index in [-0.39, 0.29) is 0 Å². The van der Waals surface area contributed by atoms with E-state index >= 15 is 0 Å². The van der Waals surface area contributed by atoms with Crippen LogP contribution in [0, 0.1) is 29.6 Å². The lowest BCUT2D eigenvalue weighted by Crippen LogP contribution is -2.67. The standard InChI is InChI=1S/C28H38N4/c1-20-12-23-16-32(15-22-10-6-3-7-11-22)19-26(20)28(23)30-29-27-24-13-25(27)18-31(17-24)14-21-8-4-2-5-9-21/h2-11,20,23-30H,12-19H2,1H3. The fraction of sp³-hybridized carbons (Fsp3) is 0.571. The molecule has 0 aromatic heterocycles. The molecule has 3 saturated heterocycles. The third-order valence-electron chi connectivity index (χ3n) is 8.86. The van der Waals surface area contributed by atoms with Crippen LogP contribution < -0.4 is 10.9 Å². The first-order chi connectivity index (χ1) is 15.7.